The van der Waals surface area contributed by atoms with Crippen LogP contribution in [0.25, 0.3) is 0 Å². The quantitative estimate of drug-likeness (QED) is 0.688. The maximum Gasteiger partial charge on any atom is 0.243 e. The predicted molar refractivity (Wildman–Crippen MR) is 119 cm³/mol. The molecule has 0 aromatic heterocycles. The maximum absolute atomic E-state index is 13.3. The van der Waals surface area contributed by atoms with Crippen molar-refractivity contribution in [3.8, 4) is 5.75 Å². The van der Waals surface area contributed by atoms with Crippen LogP contribution in [0.4, 0.5) is 0 Å². The van der Waals surface area contributed by atoms with Crippen LogP contribution in [0.3, 0.4) is 0 Å². The second-order valence-electron chi connectivity index (χ2n) is 8.37. The van der Waals surface area contributed by atoms with Crippen molar-refractivity contribution in [3.05, 3.63) is 60.2 Å². The van der Waals surface area contributed by atoms with Gasteiger partial charge in [0.2, 0.25) is 15.9 Å². The largest absolute Gasteiger partial charge is 0.497 e. The summed E-state index contributed by atoms with van der Waals surface area (Å²) in [6.45, 7) is 1.57. The highest BCUT2D eigenvalue weighted by Crippen LogP contribution is 2.29. The summed E-state index contributed by atoms with van der Waals surface area (Å²) in [5.74, 6) is 0.913. The Labute approximate surface area is 184 Å². The lowest BCUT2D eigenvalue weighted by Gasteiger charge is -2.34. The predicted octanol–water partition coefficient (Wildman–Crippen LogP) is 3.33. The fourth-order valence-corrected chi connectivity index (χ4v) is 6.22. The molecule has 4 rings (SSSR count). The Morgan fingerprint density at radius 1 is 1.00 bits per heavy atom. The van der Waals surface area contributed by atoms with Gasteiger partial charge in [0.05, 0.1) is 12.0 Å². The molecule has 2 saturated heterocycles. The van der Waals surface area contributed by atoms with Gasteiger partial charge < -0.3 is 9.64 Å². The van der Waals surface area contributed by atoms with Gasteiger partial charge in [-0.1, -0.05) is 30.3 Å². The van der Waals surface area contributed by atoms with Crippen LogP contribution < -0.4 is 4.74 Å². The van der Waals surface area contributed by atoms with Gasteiger partial charge in [0, 0.05) is 31.6 Å². The number of hydrogen-bond acceptors (Lipinski definition) is 4. The standard InChI is InChI=1S/C24H30N2O4S/c1-30-22-9-5-7-19(18-22)17-21-8-6-14-26(21)24(27)20-12-15-25(16-13-20)31(28,29)23-10-3-2-4-11-23/h2-5,7,9-11,18,20-21H,6,8,12-17H2,1H3. The summed E-state index contributed by atoms with van der Waals surface area (Å²) in [5.41, 5.74) is 1.17. The van der Waals surface area contributed by atoms with Gasteiger partial charge >= 0.3 is 0 Å². The molecule has 7 heteroatoms. The lowest BCUT2D eigenvalue weighted by molar-refractivity contribution is -0.137. The average molecular weight is 443 g/mol. The Balaban J connectivity index is 1.37. The summed E-state index contributed by atoms with van der Waals surface area (Å²) < 4.78 is 32.5. The van der Waals surface area contributed by atoms with Crippen molar-refractivity contribution in [1.29, 1.82) is 0 Å². The monoisotopic (exact) mass is 442 g/mol. The van der Waals surface area contributed by atoms with Crippen LogP contribution >= 0.6 is 0 Å². The van der Waals surface area contributed by atoms with Crippen molar-refractivity contribution < 1.29 is 17.9 Å². The molecule has 0 radical (unpaired) electrons. The number of likely N-dealkylation sites (tertiary alicyclic amines) is 1. The van der Waals surface area contributed by atoms with E-state index >= 15 is 0 Å². The number of carbonyl (C=O) groups is 1. The Morgan fingerprint density at radius 3 is 2.45 bits per heavy atom. The summed E-state index contributed by atoms with van der Waals surface area (Å²) in [7, 11) is -1.83. The number of ether oxygens (including phenoxy) is 1. The molecule has 0 spiro atoms. The van der Waals surface area contributed by atoms with E-state index in [2.05, 4.69) is 6.07 Å². The molecule has 2 aromatic carbocycles. The highest BCUT2D eigenvalue weighted by atomic mass is 32.2. The molecular formula is C24H30N2O4S. The Hall–Kier alpha value is -2.38. The van der Waals surface area contributed by atoms with Crippen molar-refractivity contribution in [2.75, 3.05) is 26.7 Å². The number of piperidine rings is 1. The van der Waals surface area contributed by atoms with Gasteiger partial charge in [0.25, 0.3) is 0 Å². The molecule has 0 N–H and O–H groups in total. The zero-order valence-corrected chi connectivity index (χ0v) is 18.8. The third-order valence-corrected chi connectivity index (χ3v) is 8.36. The summed E-state index contributed by atoms with van der Waals surface area (Å²) in [6, 6.07) is 16.8. The third-order valence-electron chi connectivity index (χ3n) is 6.45. The number of hydrogen-bond donors (Lipinski definition) is 0. The van der Waals surface area contributed by atoms with E-state index in [1.807, 2.05) is 29.2 Å². The first kappa shape index (κ1) is 21.8. The van der Waals surface area contributed by atoms with Gasteiger partial charge in [-0.05, 0) is 61.9 Å². The molecular weight excluding hydrogens is 412 g/mol. The molecule has 2 aliphatic rings. The molecule has 31 heavy (non-hydrogen) atoms. The maximum atomic E-state index is 13.3. The smallest absolute Gasteiger partial charge is 0.243 e. The summed E-state index contributed by atoms with van der Waals surface area (Å²) in [5, 5.41) is 0. The molecule has 1 unspecified atom stereocenters. The van der Waals surface area contributed by atoms with Gasteiger partial charge in [0.15, 0.2) is 0 Å². The van der Waals surface area contributed by atoms with E-state index in [9.17, 15) is 13.2 Å². The van der Waals surface area contributed by atoms with Gasteiger partial charge in [-0.25, -0.2) is 8.42 Å². The van der Waals surface area contributed by atoms with Crippen molar-refractivity contribution in [3.63, 3.8) is 0 Å². The number of benzene rings is 2. The normalized spacial score (nSPS) is 20.7. The molecule has 2 aromatic rings. The van der Waals surface area contributed by atoms with E-state index < -0.39 is 10.0 Å². The van der Waals surface area contributed by atoms with Crippen molar-refractivity contribution in [1.82, 2.24) is 9.21 Å². The number of rotatable bonds is 6. The fraction of sp³-hybridized carbons (Fsp3) is 0.458. The van der Waals surface area contributed by atoms with E-state index in [1.165, 1.54) is 9.87 Å². The topological polar surface area (TPSA) is 66.9 Å². The summed E-state index contributed by atoms with van der Waals surface area (Å²) in [6.07, 6.45) is 4.00. The summed E-state index contributed by atoms with van der Waals surface area (Å²) in [4.78, 5) is 15.6. The van der Waals surface area contributed by atoms with Crippen LogP contribution in [0.2, 0.25) is 0 Å². The van der Waals surface area contributed by atoms with Crippen molar-refractivity contribution in [2.24, 2.45) is 5.92 Å². The number of methoxy groups -OCH3 is 1. The first-order chi connectivity index (χ1) is 15.0. The zero-order chi connectivity index (χ0) is 21.8. The number of nitrogens with zero attached hydrogens (tertiary/aromatic N) is 2. The Morgan fingerprint density at radius 2 is 1.74 bits per heavy atom. The Bertz CT molecular complexity index is 1000. The minimum absolute atomic E-state index is 0.104. The lowest BCUT2D eigenvalue weighted by Crippen LogP contribution is -2.46. The number of carbonyl (C=O) groups excluding carboxylic acids is 1. The molecule has 166 valence electrons. The van der Waals surface area contributed by atoms with E-state index in [4.69, 9.17) is 4.74 Å². The van der Waals surface area contributed by atoms with E-state index in [-0.39, 0.29) is 17.9 Å². The minimum atomic E-state index is -3.49. The molecule has 2 fully saturated rings. The van der Waals surface area contributed by atoms with Crippen LogP contribution in [0.1, 0.15) is 31.2 Å². The fourth-order valence-electron chi connectivity index (χ4n) is 4.73. The second kappa shape index (κ2) is 9.40. The SMILES string of the molecule is COc1cccc(CC2CCCN2C(=O)C2CCN(S(=O)(=O)c3ccccc3)CC2)c1. The number of amides is 1. The highest BCUT2D eigenvalue weighted by molar-refractivity contribution is 7.89. The van der Waals surface area contributed by atoms with E-state index in [0.717, 1.165) is 31.6 Å². The molecule has 1 amide bonds. The minimum Gasteiger partial charge on any atom is -0.497 e. The molecule has 0 saturated carbocycles. The summed E-state index contributed by atoms with van der Waals surface area (Å²) >= 11 is 0. The molecule has 0 aliphatic carbocycles. The first-order valence-electron chi connectivity index (χ1n) is 11.0. The van der Waals surface area contributed by atoms with Crippen molar-refractivity contribution in [2.45, 2.75) is 43.0 Å². The van der Waals surface area contributed by atoms with Gasteiger partial charge in [-0.15, -0.1) is 0 Å². The van der Waals surface area contributed by atoms with Crippen LogP contribution in [0.5, 0.6) is 5.75 Å². The third kappa shape index (κ3) is 4.77. The highest BCUT2D eigenvalue weighted by Gasteiger charge is 2.37. The Kier molecular flexibility index (Phi) is 6.62. The van der Waals surface area contributed by atoms with E-state index in [0.29, 0.717) is 30.8 Å². The lowest BCUT2D eigenvalue weighted by atomic mass is 9.95. The number of sulfonamides is 1. The van der Waals surface area contributed by atoms with Crippen LogP contribution in [-0.2, 0) is 21.2 Å². The van der Waals surface area contributed by atoms with Crippen molar-refractivity contribution >= 4 is 15.9 Å². The molecule has 0 bridgehead atoms. The van der Waals surface area contributed by atoms with Gasteiger partial charge in [0.1, 0.15) is 5.75 Å². The van der Waals surface area contributed by atoms with Crippen LogP contribution in [-0.4, -0.2) is 56.3 Å². The molecule has 6 nitrogen and oxygen atoms in total. The van der Waals surface area contributed by atoms with E-state index in [1.54, 1.807) is 31.4 Å². The van der Waals surface area contributed by atoms with Gasteiger partial charge in [-0.2, -0.15) is 4.31 Å². The average Bonchev–Trinajstić information content (AvgIpc) is 3.27. The molecule has 2 heterocycles. The molecule has 2 aliphatic heterocycles. The molecule has 1 atom stereocenters. The first-order valence-corrected chi connectivity index (χ1v) is 12.4. The van der Waals surface area contributed by atoms with Gasteiger partial charge in [-0.3, -0.25) is 4.79 Å². The second-order valence-corrected chi connectivity index (χ2v) is 10.3. The van der Waals surface area contributed by atoms with Crippen LogP contribution in [0, 0.1) is 5.92 Å². The zero-order valence-electron chi connectivity index (χ0n) is 17.9. The van der Waals surface area contributed by atoms with Crippen LogP contribution in [0.15, 0.2) is 59.5 Å².